The van der Waals surface area contributed by atoms with Crippen molar-refractivity contribution in [1.29, 1.82) is 0 Å². The van der Waals surface area contributed by atoms with E-state index < -0.39 is 0 Å². The van der Waals surface area contributed by atoms with Gasteiger partial charge in [0.15, 0.2) is 0 Å². The summed E-state index contributed by atoms with van der Waals surface area (Å²) >= 11 is 1.85. The van der Waals surface area contributed by atoms with Gasteiger partial charge in [0.1, 0.15) is 0 Å². The summed E-state index contributed by atoms with van der Waals surface area (Å²) in [5.74, 6) is 0. The van der Waals surface area contributed by atoms with E-state index in [1.54, 1.807) is 0 Å². The van der Waals surface area contributed by atoms with Gasteiger partial charge in [-0.05, 0) is 35.2 Å². The van der Waals surface area contributed by atoms with Crippen molar-refractivity contribution in [2.24, 2.45) is 0 Å². The summed E-state index contributed by atoms with van der Waals surface area (Å²) in [5, 5.41) is 3.78. The van der Waals surface area contributed by atoms with Crippen LogP contribution >= 0.6 is 11.3 Å². The Bertz CT molecular complexity index is 512. The largest absolute Gasteiger partial charge is 0.373 e. The van der Waals surface area contributed by atoms with Crippen molar-refractivity contribution < 1.29 is 0 Å². The Balaban J connectivity index is 2.22. The summed E-state index contributed by atoms with van der Waals surface area (Å²) in [4.78, 5) is 2.29. The van der Waals surface area contributed by atoms with Gasteiger partial charge in [-0.2, -0.15) is 0 Å². The van der Waals surface area contributed by atoms with Gasteiger partial charge in [0.05, 0.1) is 0 Å². The molecule has 0 aliphatic carbocycles. The maximum atomic E-state index is 3.87. The first-order valence-electron chi connectivity index (χ1n) is 5.23. The molecule has 1 aromatic heterocycles. The molecule has 0 spiro atoms. The molecular formula is C13H13NS. The van der Waals surface area contributed by atoms with E-state index >= 15 is 0 Å². The standard InChI is InChI=1S/C13H13NS/c1-2-14-7-6-10-4-3-5-12-13(10)11(8-14)9-15-12/h2-5,9H,1,6-8H2. The fraction of sp³-hybridized carbons (Fsp3) is 0.231. The van der Waals surface area contributed by atoms with Gasteiger partial charge in [0, 0.05) is 23.2 Å². The number of thiophene rings is 1. The van der Waals surface area contributed by atoms with E-state index in [0.717, 1.165) is 19.5 Å². The van der Waals surface area contributed by atoms with Crippen LogP contribution < -0.4 is 0 Å². The van der Waals surface area contributed by atoms with Gasteiger partial charge < -0.3 is 4.90 Å². The molecule has 2 heteroatoms. The second kappa shape index (κ2) is 3.38. The first-order valence-corrected chi connectivity index (χ1v) is 6.11. The lowest BCUT2D eigenvalue weighted by atomic mass is 10.1. The van der Waals surface area contributed by atoms with Crippen LogP contribution in [0.3, 0.4) is 0 Å². The summed E-state index contributed by atoms with van der Waals surface area (Å²) < 4.78 is 1.42. The van der Waals surface area contributed by atoms with E-state index in [4.69, 9.17) is 0 Å². The molecule has 0 saturated carbocycles. The number of hydrogen-bond acceptors (Lipinski definition) is 2. The third-order valence-corrected chi connectivity index (χ3v) is 4.06. The first-order chi connectivity index (χ1) is 7.38. The lowest BCUT2D eigenvalue weighted by Gasteiger charge is -2.16. The highest BCUT2D eigenvalue weighted by Gasteiger charge is 2.14. The zero-order valence-corrected chi connectivity index (χ0v) is 9.39. The number of benzene rings is 1. The molecule has 0 radical (unpaired) electrons. The molecule has 1 aliphatic heterocycles. The minimum Gasteiger partial charge on any atom is -0.373 e. The summed E-state index contributed by atoms with van der Waals surface area (Å²) in [6.07, 6.45) is 3.09. The van der Waals surface area contributed by atoms with Gasteiger partial charge in [-0.1, -0.05) is 18.7 Å². The van der Waals surface area contributed by atoms with Crippen LogP contribution in [0.5, 0.6) is 0 Å². The first kappa shape index (κ1) is 8.98. The van der Waals surface area contributed by atoms with Gasteiger partial charge in [-0.15, -0.1) is 11.3 Å². The molecule has 1 aliphatic rings. The predicted octanol–water partition coefficient (Wildman–Crippen LogP) is 3.40. The fourth-order valence-corrected chi connectivity index (χ4v) is 3.27. The molecule has 3 rings (SSSR count). The van der Waals surface area contributed by atoms with Crippen LogP contribution in [0.2, 0.25) is 0 Å². The van der Waals surface area contributed by atoms with Crippen LogP contribution in [-0.2, 0) is 13.0 Å². The van der Waals surface area contributed by atoms with E-state index in [1.807, 2.05) is 17.5 Å². The van der Waals surface area contributed by atoms with Crippen LogP contribution in [0, 0.1) is 0 Å². The Morgan fingerprint density at radius 2 is 2.27 bits per heavy atom. The van der Waals surface area contributed by atoms with Crippen LogP contribution in [-0.4, -0.2) is 11.4 Å². The molecule has 0 atom stereocenters. The molecule has 0 amide bonds. The maximum Gasteiger partial charge on any atom is 0.0438 e. The van der Waals surface area contributed by atoms with E-state index in [-0.39, 0.29) is 0 Å². The normalized spacial score (nSPS) is 15.3. The Kier molecular flexibility index (Phi) is 2.03. The van der Waals surface area contributed by atoms with Crippen LogP contribution in [0.4, 0.5) is 0 Å². The van der Waals surface area contributed by atoms with Crippen molar-refractivity contribution in [3.05, 3.63) is 47.5 Å². The molecular weight excluding hydrogens is 202 g/mol. The predicted molar refractivity (Wildman–Crippen MR) is 66.1 cm³/mol. The van der Waals surface area contributed by atoms with Crippen molar-refractivity contribution in [2.75, 3.05) is 6.54 Å². The molecule has 0 unspecified atom stereocenters. The van der Waals surface area contributed by atoms with Crippen molar-refractivity contribution in [1.82, 2.24) is 4.90 Å². The van der Waals surface area contributed by atoms with Gasteiger partial charge in [0.25, 0.3) is 0 Å². The SMILES string of the molecule is C=CN1CCc2cccc3scc(c23)C1. The third-order valence-electron chi connectivity index (χ3n) is 3.06. The average molecular weight is 215 g/mol. The molecule has 15 heavy (non-hydrogen) atoms. The second-order valence-corrected chi connectivity index (χ2v) is 4.87. The second-order valence-electron chi connectivity index (χ2n) is 3.95. The molecule has 0 bridgehead atoms. The fourth-order valence-electron chi connectivity index (χ4n) is 2.28. The average Bonchev–Trinajstić information content (AvgIpc) is 2.57. The molecule has 0 N–H and O–H groups in total. The Hall–Kier alpha value is -1.28. The monoisotopic (exact) mass is 215 g/mol. The number of rotatable bonds is 1. The van der Waals surface area contributed by atoms with Crippen LogP contribution in [0.1, 0.15) is 11.1 Å². The van der Waals surface area contributed by atoms with E-state index in [0.29, 0.717) is 0 Å². The number of hydrogen-bond donors (Lipinski definition) is 0. The molecule has 2 heterocycles. The van der Waals surface area contributed by atoms with Gasteiger partial charge in [-0.3, -0.25) is 0 Å². The Labute approximate surface area is 93.6 Å². The highest BCUT2D eigenvalue weighted by atomic mass is 32.1. The summed E-state index contributed by atoms with van der Waals surface area (Å²) in [6, 6.07) is 6.64. The smallest absolute Gasteiger partial charge is 0.0438 e. The summed E-state index contributed by atoms with van der Waals surface area (Å²) in [5.41, 5.74) is 2.95. The van der Waals surface area contributed by atoms with Crippen molar-refractivity contribution >= 4 is 21.4 Å². The minimum absolute atomic E-state index is 1.01. The van der Waals surface area contributed by atoms with Crippen LogP contribution in [0.25, 0.3) is 10.1 Å². The summed E-state index contributed by atoms with van der Waals surface area (Å²) in [7, 11) is 0. The van der Waals surface area contributed by atoms with Crippen LogP contribution in [0.15, 0.2) is 36.4 Å². The third kappa shape index (κ3) is 1.37. The van der Waals surface area contributed by atoms with Gasteiger partial charge in [-0.25, -0.2) is 0 Å². The zero-order chi connectivity index (χ0) is 10.3. The Morgan fingerprint density at radius 1 is 1.33 bits per heavy atom. The molecule has 0 saturated heterocycles. The van der Waals surface area contributed by atoms with Gasteiger partial charge >= 0.3 is 0 Å². The highest BCUT2D eigenvalue weighted by molar-refractivity contribution is 7.17. The van der Waals surface area contributed by atoms with Crippen molar-refractivity contribution in [3.8, 4) is 0 Å². The quantitative estimate of drug-likeness (QED) is 0.704. The molecule has 76 valence electrons. The van der Waals surface area contributed by atoms with Gasteiger partial charge in [0.2, 0.25) is 0 Å². The maximum absolute atomic E-state index is 3.87. The lowest BCUT2D eigenvalue weighted by molar-refractivity contribution is 0.381. The highest BCUT2D eigenvalue weighted by Crippen LogP contribution is 2.32. The molecule has 2 aromatic rings. The van der Waals surface area contributed by atoms with E-state index in [1.165, 1.54) is 21.2 Å². The lowest BCUT2D eigenvalue weighted by Crippen LogP contribution is -2.16. The Morgan fingerprint density at radius 3 is 3.13 bits per heavy atom. The summed E-state index contributed by atoms with van der Waals surface area (Å²) in [6.45, 7) is 5.97. The molecule has 0 fully saturated rings. The van der Waals surface area contributed by atoms with Crippen molar-refractivity contribution in [2.45, 2.75) is 13.0 Å². The molecule has 1 aromatic carbocycles. The minimum atomic E-state index is 1.01. The number of nitrogens with zero attached hydrogens (tertiary/aromatic N) is 1. The van der Waals surface area contributed by atoms with Crippen molar-refractivity contribution in [3.63, 3.8) is 0 Å². The molecule has 1 nitrogen and oxygen atoms in total. The topological polar surface area (TPSA) is 3.24 Å². The van der Waals surface area contributed by atoms with E-state index in [9.17, 15) is 0 Å². The van der Waals surface area contributed by atoms with E-state index in [2.05, 4.69) is 35.1 Å². The zero-order valence-electron chi connectivity index (χ0n) is 8.57.